The van der Waals surface area contributed by atoms with Crippen molar-refractivity contribution in [3.63, 3.8) is 0 Å². The van der Waals surface area contributed by atoms with Gasteiger partial charge in [-0.05, 0) is 26.8 Å². The average molecular weight is 432 g/mol. The van der Waals surface area contributed by atoms with E-state index in [1.54, 1.807) is 7.05 Å². The molecule has 1 unspecified atom stereocenters. The zero-order valence-electron chi connectivity index (χ0n) is 14.5. The lowest BCUT2D eigenvalue weighted by molar-refractivity contribution is 0.261. The Morgan fingerprint density at radius 3 is 2.70 bits per heavy atom. The zero-order valence-corrected chi connectivity index (χ0v) is 16.8. The van der Waals surface area contributed by atoms with Gasteiger partial charge in [0, 0.05) is 37.7 Å². The number of nitrogens with one attached hydrogen (secondary N) is 3. The van der Waals surface area contributed by atoms with E-state index in [0.29, 0.717) is 0 Å². The molecule has 0 radical (unpaired) electrons. The highest BCUT2D eigenvalue weighted by Gasteiger charge is 2.21. The van der Waals surface area contributed by atoms with E-state index in [-0.39, 0.29) is 35.6 Å². The van der Waals surface area contributed by atoms with Crippen molar-refractivity contribution in [2.75, 3.05) is 26.7 Å². The third-order valence-electron chi connectivity index (χ3n) is 3.57. The first-order valence-corrected chi connectivity index (χ1v) is 7.93. The van der Waals surface area contributed by atoms with Gasteiger partial charge in [0.15, 0.2) is 5.96 Å². The summed E-state index contributed by atoms with van der Waals surface area (Å²) in [7, 11) is 1.80. The molecule has 0 spiro atoms. The summed E-state index contributed by atoms with van der Waals surface area (Å²) in [4.78, 5) is 4.31. The molecular weight excluding hydrogens is 403 g/mol. The van der Waals surface area contributed by atoms with Crippen molar-refractivity contribution >= 4 is 29.9 Å². The van der Waals surface area contributed by atoms with Crippen molar-refractivity contribution < 1.29 is 4.74 Å². The standard InChI is InChI=1S/C17H28N4O.HI/c1-17(2,3)20-11-10-19-16(18-4)21-14-9-12-22-15-8-6-5-7-13(14)15;/h5-8,14,20H,9-12H2,1-4H3,(H2,18,19,21);1H. The third kappa shape index (κ3) is 6.55. The number of benzene rings is 1. The van der Waals surface area contributed by atoms with Crippen LogP contribution in [0, 0.1) is 0 Å². The normalized spacial score (nSPS) is 17.6. The number of hydrogen-bond acceptors (Lipinski definition) is 3. The molecule has 5 nitrogen and oxygen atoms in total. The summed E-state index contributed by atoms with van der Waals surface area (Å²) in [5.74, 6) is 1.80. The molecule has 2 rings (SSSR count). The molecule has 0 saturated heterocycles. The van der Waals surface area contributed by atoms with Crippen molar-refractivity contribution in [1.29, 1.82) is 0 Å². The first kappa shape index (κ1) is 20.0. The van der Waals surface area contributed by atoms with Crippen molar-refractivity contribution in [3.8, 4) is 5.75 Å². The lowest BCUT2D eigenvalue weighted by Crippen LogP contribution is -2.45. The highest BCUT2D eigenvalue weighted by atomic mass is 127. The van der Waals surface area contributed by atoms with Gasteiger partial charge < -0.3 is 20.7 Å². The van der Waals surface area contributed by atoms with Crippen LogP contribution in [0.3, 0.4) is 0 Å². The summed E-state index contributed by atoms with van der Waals surface area (Å²) < 4.78 is 5.69. The molecule has 130 valence electrons. The Labute approximate surface area is 156 Å². The van der Waals surface area contributed by atoms with Crippen LogP contribution in [0.25, 0.3) is 0 Å². The van der Waals surface area contributed by atoms with Gasteiger partial charge >= 0.3 is 0 Å². The minimum absolute atomic E-state index is 0. The van der Waals surface area contributed by atoms with E-state index in [1.165, 1.54) is 5.56 Å². The number of fused-ring (bicyclic) bond motifs is 1. The summed E-state index contributed by atoms with van der Waals surface area (Å²) in [6, 6.07) is 8.43. The minimum Gasteiger partial charge on any atom is -0.493 e. The van der Waals surface area contributed by atoms with Crippen LogP contribution in [0.2, 0.25) is 0 Å². The molecule has 1 aliphatic rings. The average Bonchev–Trinajstić information content (AvgIpc) is 2.49. The Morgan fingerprint density at radius 2 is 2.00 bits per heavy atom. The quantitative estimate of drug-likeness (QED) is 0.297. The molecule has 1 heterocycles. The van der Waals surface area contributed by atoms with E-state index in [1.807, 2.05) is 18.2 Å². The smallest absolute Gasteiger partial charge is 0.191 e. The minimum atomic E-state index is 0. The molecule has 0 aliphatic carbocycles. The van der Waals surface area contributed by atoms with Crippen molar-refractivity contribution in [2.45, 2.75) is 38.8 Å². The summed E-state index contributed by atoms with van der Waals surface area (Å²) in [5.41, 5.74) is 1.34. The molecule has 0 aromatic heterocycles. The van der Waals surface area contributed by atoms with Crippen molar-refractivity contribution in [3.05, 3.63) is 29.8 Å². The molecular formula is C17H29IN4O. The number of aliphatic imine (C=N–C) groups is 1. The van der Waals surface area contributed by atoms with Crippen LogP contribution in [-0.2, 0) is 0 Å². The number of para-hydroxylation sites is 1. The third-order valence-corrected chi connectivity index (χ3v) is 3.57. The van der Waals surface area contributed by atoms with Crippen LogP contribution in [-0.4, -0.2) is 38.2 Å². The number of ether oxygens (including phenoxy) is 1. The van der Waals surface area contributed by atoms with Gasteiger partial charge in [0.05, 0.1) is 12.6 Å². The zero-order chi connectivity index (χ0) is 16.0. The molecule has 0 fully saturated rings. The van der Waals surface area contributed by atoms with Crippen LogP contribution in [0.5, 0.6) is 5.75 Å². The largest absolute Gasteiger partial charge is 0.493 e. The molecule has 3 N–H and O–H groups in total. The second-order valence-electron chi connectivity index (χ2n) is 6.55. The highest BCUT2D eigenvalue weighted by Crippen LogP contribution is 2.31. The van der Waals surface area contributed by atoms with Crippen molar-refractivity contribution in [2.24, 2.45) is 4.99 Å². The lowest BCUT2D eigenvalue weighted by atomic mass is 10.0. The van der Waals surface area contributed by atoms with E-state index in [0.717, 1.165) is 37.8 Å². The molecule has 0 amide bonds. The second kappa shape index (κ2) is 9.32. The van der Waals surface area contributed by atoms with Crippen LogP contribution in [0.1, 0.15) is 38.8 Å². The van der Waals surface area contributed by atoms with E-state index >= 15 is 0 Å². The van der Waals surface area contributed by atoms with Crippen LogP contribution in [0.4, 0.5) is 0 Å². The number of halogens is 1. The van der Waals surface area contributed by atoms with E-state index in [9.17, 15) is 0 Å². The number of hydrogen-bond donors (Lipinski definition) is 3. The van der Waals surface area contributed by atoms with Gasteiger partial charge in [-0.3, -0.25) is 4.99 Å². The maximum absolute atomic E-state index is 5.69. The Balaban J connectivity index is 0.00000264. The second-order valence-corrected chi connectivity index (χ2v) is 6.55. The topological polar surface area (TPSA) is 57.7 Å². The SMILES string of the molecule is CN=C(NCCNC(C)(C)C)NC1CCOc2ccccc21.I. The van der Waals surface area contributed by atoms with Gasteiger partial charge in [-0.1, -0.05) is 18.2 Å². The number of nitrogens with zero attached hydrogens (tertiary/aromatic N) is 1. The Bertz CT molecular complexity index is 514. The summed E-state index contributed by atoms with van der Waals surface area (Å²) in [6.45, 7) is 8.96. The molecule has 1 aliphatic heterocycles. The van der Waals surface area contributed by atoms with Gasteiger partial charge in [0.2, 0.25) is 0 Å². The van der Waals surface area contributed by atoms with Crippen LogP contribution >= 0.6 is 24.0 Å². The van der Waals surface area contributed by atoms with Gasteiger partial charge in [0.25, 0.3) is 0 Å². The fourth-order valence-electron chi connectivity index (χ4n) is 2.47. The molecule has 23 heavy (non-hydrogen) atoms. The Morgan fingerprint density at radius 1 is 1.26 bits per heavy atom. The molecule has 0 bridgehead atoms. The fraction of sp³-hybridized carbons (Fsp3) is 0.588. The van der Waals surface area contributed by atoms with Crippen molar-refractivity contribution in [1.82, 2.24) is 16.0 Å². The first-order valence-electron chi connectivity index (χ1n) is 7.93. The number of guanidine groups is 1. The molecule has 6 heteroatoms. The number of rotatable bonds is 4. The maximum Gasteiger partial charge on any atom is 0.191 e. The van der Waals surface area contributed by atoms with E-state index in [2.05, 4.69) is 47.8 Å². The fourth-order valence-corrected chi connectivity index (χ4v) is 2.47. The summed E-state index contributed by atoms with van der Waals surface area (Å²) >= 11 is 0. The lowest BCUT2D eigenvalue weighted by Gasteiger charge is -2.28. The van der Waals surface area contributed by atoms with Gasteiger partial charge in [-0.25, -0.2) is 0 Å². The van der Waals surface area contributed by atoms with E-state index in [4.69, 9.17) is 4.74 Å². The van der Waals surface area contributed by atoms with Crippen LogP contribution < -0.4 is 20.7 Å². The molecule has 1 aromatic carbocycles. The van der Waals surface area contributed by atoms with E-state index < -0.39 is 0 Å². The monoisotopic (exact) mass is 432 g/mol. The summed E-state index contributed by atoms with van der Waals surface area (Å²) in [5, 5.41) is 10.3. The molecule has 0 saturated carbocycles. The summed E-state index contributed by atoms with van der Waals surface area (Å²) in [6.07, 6.45) is 0.942. The first-order chi connectivity index (χ1) is 10.5. The van der Waals surface area contributed by atoms with Gasteiger partial charge in [-0.15, -0.1) is 24.0 Å². The predicted molar refractivity (Wildman–Crippen MR) is 107 cm³/mol. The van der Waals surface area contributed by atoms with Gasteiger partial charge in [0.1, 0.15) is 5.75 Å². The predicted octanol–water partition coefficient (Wildman–Crippen LogP) is 2.68. The maximum atomic E-state index is 5.69. The molecule has 1 atom stereocenters. The highest BCUT2D eigenvalue weighted by molar-refractivity contribution is 14.0. The molecule has 1 aromatic rings. The van der Waals surface area contributed by atoms with Gasteiger partial charge in [-0.2, -0.15) is 0 Å². The Hall–Kier alpha value is -1.02. The Kier molecular flexibility index (Phi) is 8.11. The van der Waals surface area contributed by atoms with Crippen LogP contribution in [0.15, 0.2) is 29.3 Å².